The summed E-state index contributed by atoms with van der Waals surface area (Å²) in [5.74, 6) is 0.0548. The first kappa shape index (κ1) is 27.4. The van der Waals surface area contributed by atoms with Crippen LogP contribution < -0.4 is 25.2 Å². The van der Waals surface area contributed by atoms with Crippen molar-refractivity contribution in [2.75, 3.05) is 43.2 Å². The first-order chi connectivity index (χ1) is 17.7. The van der Waals surface area contributed by atoms with Crippen LogP contribution in [0, 0.1) is 11.8 Å². The molecule has 0 radical (unpaired) electrons. The third-order valence-electron chi connectivity index (χ3n) is 7.59. The number of rotatable bonds is 10. The molecule has 0 spiro atoms. The monoisotopic (exact) mass is 514 g/mol. The lowest BCUT2D eigenvalue weighted by molar-refractivity contribution is -0.132. The molecule has 37 heavy (non-hydrogen) atoms. The summed E-state index contributed by atoms with van der Waals surface area (Å²) in [7, 11) is 1.65. The van der Waals surface area contributed by atoms with Gasteiger partial charge >= 0.3 is 0 Å². The van der Waals surface area contributed by atoms with Gasteiger partial charge in [-0.05, 0) is 71.1 Å². The van der Waals surface area contributed by atoms with Crippen LogP contribution in [0.5, 0.6) is 5.75 Å². The summed E-state index contributed by atoms with van der Waals surface area (Å²) in [4.78, 5) is 43.5. The van der Waals surface area contributed by atoms with Crippen LogP contribution in [0.15, 0.2) is 18.2 Å². The minimum Gasteiger partial charge on any atom is -0.476 e. The van der Waals surface area contributed by atoms with Crippen molar-refractivity contribution < 1.29 is 23.9 Å². The van der Waals surface area contributed by atoms with Crippen LogP contribution >= 0.6 is 0 Å². The van der Waals surface area contributed by atoms with Crippen LogP contribution in [0.1, 0.15) is 59.8 Å². The summed E-state index contributed by atoms with van der Waals surface area (Å²) in [5.41, 5.74) is 0.487. The lowest BCUT2D eigenvalue weighted by Gasteiger charge is -2.39. The number of hydrogen-bond acceptors (Lipinski definition) is 6. The van der Waals surface area contributed by atoms with E-state index in [1.807, 2.05) is 36.9 Å². The lowest BCUT2D eigenvalue weighted by Crippen LogP contribution is -2.53. The van der Waals surface area contributed by atoms with Crippen molar-refractivity contribution in [2.45, 2.75) is 77.5 Å². The highest BCUT2D eigenvalue weighted by Gasteiger charge is 2.43. The Hall–Kier alpha value is -2.65. The van der Waals surface area contributed by atoms with Gasteiger partial charge in [-0.1, -0.05) is 6.92 Å². The number of ether oxygens (including phenoxy) is 2. The Morgan fingerprint density at radius 2 is 2.00 bits per heavy atom. The van der Waals surface area contributed by atoms with E-state index in [9.17, 15) is 14.4 Å². The van der Waals surface area contributed by atoms with Gasteiger partial charge in [-0.25, -0.2) is 0 Å². The first-order valence-electron chi connectivity index (χ1n) is 13.6. The zero-order chi connectivity index (χ0) is 26.7. The number of carbonyl (C=O) groups excluding carboxylic acids is 3. The molecule has 2 aliphatic heterocycles. The third-order valence-corrected chi connectivity index (χ3v) is 7.59. The molecule has 3 amide bonds. The Kier molecular flexibility index (Phi) is 8.43. The molecule has 1 unspecified atom stereocenters. The molecule has 9 nitrogen and oxygen atoms in total. The summed E-state index contributed by atoms with van der Waals surface area (Å²) >= 11 is 0. The normalized spacial score (nSPS) is 23.6. The molecule has 2 fully saturated rings. The van der Waals surface area contributed by atoms with Gasteiger partial charge in [0, 0.05) is 51.1 Å². The van der Waals surface area contributed by atoms with Gasteiger partial charge in [-0.15, -0.1) is 0 Å². The number of carbonyl (C=O) groups is 3. The minimum absolute atomic E-state index is 0.0103. The summed E-state index contributed by atoms with van der Waals surface area (Å²) in [6.45, 7) is 9.79. The SMILES string of the molecule is CCC(C)NC(=O)[C@@H]1CNC[C@H](C(=O)N(c2ccc3c(c2)N(CCCOC)C(=O)C(C)(C)O3)C2CC2)C1. The fourth-order valence-corrected chi connectivity index (χ4v) is 5.13. The summed E-state index contributed by atoms with van der Waals surface area (Å²) in [6, 6.07) is 5.95. The zero-order valence-corrected chi connectivity index (χ0v) is 22.8. The molecular formula is C28H42N4O5. The molecule has 1 saturated heterocycles. The Labute approximate surface area is 220 Å². The minimum atomic E-state index is -0.966. The molecule has 204 valence electrons. The number of fused-ring (bicyclic) bond motifs is 1. The summed E-state index contributed by atoms with van der Waals surface area (Å²) in [5, 5.41) is 6.37. The van der Waals surface area contributed by atoms with Crippen molar-refractivity contribution in [3.8, 4) is 5.75 Å². The summed E-state index contributed by atoms with van der Waals surface area (Å²) in [6.07, 6.45) is 3.98. The van der Waals surface area contributed by atoms with Crippen LogP contribution in [0.2, 0.25) is 0 Å². The van der Waals surface area contributed by atoms with Gasteiger partial charge in [0.25, 0.3) is 5.91 Å². The first-order valence-corrected chi connectivity index (χ1v) is 13.6. The molecule has 1 saturated carbocycles. The number of nitrogens with zero attached hydrogens (tertiary/aromatic N) is 2. The Morgan fingerprint density at radius 1 is 1.27 bits per heavy atom. The predicted octanol–water partition coefficient (Wildman–Crippen LogP) is 2.86. The van der Waals surface area contributed by atoms with E-state index in [4.69, 9.17) is 9.47 Å². The van der Waals surface area contributed by atoms with Crippen molar-refractivity contribution in [1.29, 1.82) is 0 Å². The van der Waals surface area contributed by atoms with Crippen LogP contribution in [0.4, 0.5) is 11.4 Å². The highest BCUT2D eigenvalue weighted by molar-refractivity contribution is 6.04. The van der Waals surface area contributed by atoms with Gasteiger partial charge in [0.05, 0.1) is 17.5 Å². The molecule has 3 atom stereocenters. The molecule has 1 aromatic rings. The third kappa shape index (κ3) is 6.09. The van der Waals surface area contributed by atoms with E-state index >= 15 is 0 Å². The second-order valence-electron chi connectivity index (χ2n) is 11.1. The van der Waals surface area contributed by atoms with Crippen molar-refractivity contribution in [3.63, 3.8) is 0 Å². The molecule has 1 aromatic carbocycles. The number of amides is 3. The van der Waals surface area contributed by atoms with E-state index in [1.165, 1.54) is 0 Å². The van der Waals surface area contributed by atoms with Crippen molar-refractivity contribution >= 4 is 29.1 Å². The van der Waals surface area contributed by atoms with Crippen molar-refractivity contribution in [3.05, 3.63) is 18.2 Å². The van der Waals surface area contributed by atoms with Gasteiger partial charge < -0.3 is 29.9 Å². The number of hydrogen-bond donors (Lipinski definition) is 2. The van der Waals surface area contributed by atoms with E-state index in [-0.39, 0.29) is 41.6 Å². The average Bonchev–Trinajstić information content (AvgIpc) is 3.71. The summed E-state index contributed by atoms with van der Waals surface area (Å²) < 4.78 is 11.3. The molecule has 9 heteroatoms. The number of benzene rings is 1. The van der Waals surface area contributed by atoms with E-state index in [0.29, 0.717) is 50.5 Å². The highest BCUT2D eigenvalue weighted by Crippen LogP contribution is 2.43. The number of anilines is 2. The Balaban J connectivity index is 1.57. The van der Waals surface area contributed by atoms with Crippen LogP contribution in [0.3, 0.4) is 0 Å². The molecule has 2 heterocycles. The molecule has 3 aliphatic rings. The van der Waals surface area contributed by atoms with Crippen LogP contribution in [0.25, 0.3) is 0 Å². The van der Waals surface area contributed by atoms with Gasteiger partial charge in [0.1, 0.15) is 5.75 Å². The van der Waals surface area contributed by atoms with Crippen molar-refractivity contribution in [1.82, 2.24) is 10.6 Å². The van der Waals surface area contributed by atoms with Crippen LogP contribution in [-0.2, 0) is 19.1 Å². The smallest absolute Gasteiger partial charge is 0.270 e. The second-order valence-corrected chi connectivity index (χ2v) is 11.1. The quantitative estimate of drug-likeness (QED) is 0.466. The largest absolute Gasteiger partial charge is 0.476 e. The molecule has 2 N–H and O–H groups in total. The van der Waals surface area contributed by atoms with Gasteiger partial charge in [0.15, 0.2) is 5.60 Å². The fourth-order valence-electron chi connectivity index (χ4n) is 5.13. The maximum Gasteiger partial charge on any atom is 0.270 e. The standard InChI is InChI=1S/C28H42N4O5/c1-6-18(2)30-25(33)19-14-20(17-29-16-19)26(34)32(21-8-9-21)22-10-11-24-23(15-22)31(12-7-13-36-5)27(35)28(3,4)37-24/h10-11,15,18-21,29H,6-9,12-14,16-17H2,1-5H3,(H,30,33)/t18?,19-,20+/m0/s1. The topological polar surface area (TPSA) is 100 Å². The van der Waals surface area contributed by atoms with Crippen LogP contribution in [-0.4, -0.2) is 68.8 Å². The fraction of sp³-hybridized carbons (Fsp3) is 0.679. The number of methoxy groups -OCH3 is 1. The number of piperidine rings is 1. The molecule has 4 rings (SSSR count). The van der Waals surface area contributed by atoms with Gasteiger partial charge in [0.2, 0.25) is 11.8 Å². The van der Waals surface area contributed by atoms with E-state index in [1.54, 1.807) is 25.9 Å². The van der Waals surface area contributed by atoms with E-state index in [2.05, 4.69) is 10.6 Å². The maximum absolute atomic E-state index is 13.9. The Morgan fingerprint density at radius 3 is 2.68 bits per heavy atom. The van der Waals surface area contributed by atoms with Crippen molar-refractivity contribution in [2.24, 2.45) is 11.8 Å². The van der Waals surface area contributed by atoms with Gasteiger partial charge in [-0.2, -0.15) is 0 Å². The second kappa shape index (κ2) is 11.4. The average molecular weight is 515 g/mol. The number of nitrogens with one attached hydrogen (secondary N) is 2. The zero-order valence-electron chi connectivity index (χ0n) is 22.8. The molecule has 0 bridgehead atoms. The molecule has 1 aliphatic carbocycles. The van der Waals surface area contributed by atoms with E-state index in [0.717, 1.165) is 24.9 Å². The van der Waals surface area contributed by atoms with E-state index < -0.39 is 5.60 Å². The maximum atomic E-state index is 13.9. The van der Waals surface area contributed by atoms with Gasteiger partial charge in [-0.3, -0.25) is 14.4 Å². The molecular weight excluding hydrogens is 472 g/mol. The molecule has 0 aromatic heterocycles. The predicted molar refractivity (Wildman–Crippen MR) is 143 cm³/mol. The Bertz CT molecular complexity index is 1010. The lowest BCUT2D eigenvalue weighted by atomic mass is 9.88. The highest BCUT2D eigenvalue weighted by atomic mass is 16.5.